The van der Waals surface area contributed by atoms with Crippen LogP contribution in [0.1, 0.15) is 27.0 Å². The third-order valence-electron chi connectivity index (χ3n) is 3.01. The van der Waals surface area contributed by atoms with Crippen LogP contribution >= 0.6 is 31.9 Å². The lowest BCUT2D eigenvalue weighted by atomic mass is 9.85. The fourth-order valence-electron chi connectivity index (χ4n) is 2.18. The maximum Gasteiger partial charge on any atom is 0.193 e. The molecule has 0 saturated carbocycles. The van der Waals surface area contributed by atoms with Crippen LogP contribution in [-0.4, -0.2) is 5.78 Å². The normalized spacial score (nSPS) is 13.2. The first-order chi connectivity index (χ1) is 8.15. The Morgan fingerprint density at radius 2 is 1.29 bits per heavy atom. The Kier molecular flexibility index (Phi) is 2.68. The molecule has 0 radical (unpaired) electrons. The van der Waals surface area contributed by atoms with Gasteiger partial charge in [-0.15, -0.1) is 0 Å². The third-order valence-corrected chi connectivity index (χ3v) is 4.00. The van der Waals surface area contributed by atoms with Gasteiger partial charge in [-0.1, -0.05) is 44.0 Å². The molecule has 0 aromatic heterocycles. The standard InChI is InChI=1S/C14H8Br2O/c15-10-3-1-8-5-9-2-4-11(16)7-13(9)14(17)12(8)6-10/h1-4,6-7H,5H2. The highest BCUT2D eigenvalue weighted by Crippen LogP contribution is 2.30. The van der Waals surface area contributed by atoms with Gasteiger partial charge in [0.15, 0.2) is 5.78 Å². The molecule has 0 amide bonds. The number of fused-ring (bicyclic) bond motifs is 2. The van der Waals surface area contributed by atoms with Crippen LogP contribution in [0.2, 0.25) is 0 Å². The van der Waals surface area contributed by atoms with Gasteiger partial charge in [-0.2, -0.15) is 0 Å². The average Bonchev–Trinajstić information content (AvgIpc) is 2.32. The number of hydrogen-bond donors (Lipinski definition) is 0. The van der Waals surface area contributed by atoms with E-state index < -0.39 is 0 Å². The van der Waals surface area contributed by atoms with Crippen molar-refractivity contribution in [2.75, 3.05) is 0 Å². The molecule has 0 aliphatic heterocycles. The lowest BCUT2D eigenvalue weighted by molar-refractivity contribution is 0.103. The van der Waals surface area contributed by atoms with E-state index in [4.69, 9.17) is 0 Å². The molecule has 1 aliphatic rings. The predicted molar refractivity (Wildman–Crippen MR) is 74.5 cm³/mol. The van der Waals surface area contributed by atoms with Crippen LogP contribution in [0.25, 0.3) is 0 Å². The van der Waals surface area contributed by atoms with Gasteiger partial charge in [-0.3, -0.25) is 4.79 Å². The molecule has 0 spiro atoms. The zero-order valence-electron chi connectivity index (χ0n) is 8.84. The Morgan fingerprint density at radius 3 is 1.76 bits per heavy atom. The van der Waals surface area contributed by atoms with Gasteiger partial charge in [-0.05, 0) is 41.8 Å². The summed E-state index contributed by atoms with van der Waals surface area (Å²) in [6, 6.07) is 11.8. The molecule has 0 atom stereocenters. The topological polar surface area (TPSA) is 17.1 Å². The van der Waals surface area contributed by atoms with Crippen LogP contribution in [0.3, 0.4) is 0 Å². The van der Waals surface area contributed by atoms with Crippen molar-refractivity contribution >= 4 is 37.6 Å². The molecule has 1 aliphatic carbocycles. The van der Waals surface area contributed by atoms with Crippen molar-refractivity contribution in [3.8, 4) is 0 Å². The van der Waals surface area contributed by atoms with E-state index in [9.17, 15) is 4.79 Å². The van der Waals surface area contributed by atoms with Crippen molar-refractivity contribution in [2.24, 2.45) is 0 Å². The number of ketones is 1. The molecule has 2 aromatic rings. The van der Waals surface area contributed by atoms with Crippen LogP contribution in [0.4, 0.5) is 0 Å². The van der Waals surface area contributed by atoms with Crippen molar-refractivity contribution in [1.82, 2.24) is 0 Å². The van der Waals surface area contributed by atoms with Gasteiger partial charge < -0.3 is 0 Å². The van der Waals surface area contributed by atoms with Crippen molar-refractivity contribution < 1.29 is 4.79 Å². The zero-order valence-corrected chi connectivity index (χ0v) is 12.0. The molecule has 1 nitrogen and oxygen atoms in total. The van der Waals surface area contributed by atoms with Gasteiger partial charge in [-0.25, -0.2) is 0 Å². The van der Waals surface area contributed by atoms with Crippen molar-refractivity contribution in [3.05, 3.63) is 67.6 Å². The molecule has 2 aromatic carbocycles. The first-order valence-electron chi connectivity index (χ1n) is 5.27. The van der Waals surface area contributed by atoms with E-state index in [0.29, 0.717) is 0 Å². The smallest absolute Gasteiger partial charge is 0.193 e. The van der Waals surface area contributed by atoms with Crippen molar-refractivity contribution in [1.29, 1.82) is 0 Å². The molecule has 3 rings (SSSR count). The first-order valence-corrected chi connectivity index (χ1v) is 6.85. The van der Waals surface area contributed by atoms with Crippen LogP contribution in [0.15, 0.2) is 45.3 Å². The summed E-state index contributed by atoms with van der Waals surface area (Å²) in [6.07, 6.45) is 0.830. The molecule has 0 fully saturated rings. The molecule has 0 N–H and O–H groups in total. The molecular formula is C14H8Br2O. The lowest BCUT2D eigenvalue weighted by Crippen LogP contribution is -2.14. The maximum atomic E-state index is 12.4. The van der Waals surface area contributed by atoms with Gasteiger partial charge in [0.25, 0.3) is 0 Å². The number of halogens is 2. The van der Waals surface area contributed by atoms with E-state index in [1.165, 1.54) is 0 Å². The van der Waals surface area contributed by atoms with Crippen LogP contribution in [0.5, 0.6) is 0 Å². The minimum atomic E-state index is 0.115. The molecular weight excluding hydrogens is 344 g/mol. The zero-order chi connectivity index (χ0) is 12.0. The molecule has 3 heteroatoms. The average molecular weight is 352 g/mol. The highest BCUT2D eigenvalue weighted by Gasteiger charge is 2.23. The van der Waals surface area contributed by atoms with Crippen molar-refractivity contribution in [3.63, 3.8) is 0 Å². The van der Waals surface area contributed by atoms with Gasteiger partial charge in [0, 0.05) is 20.1 Å². The van der Waals surface area contributed by atoms with E-state index in [2.05, 4.69) is 31.9 Å². The maximum absolute atomic E-state index is 12.4. The summed E-state index contributed by atoms with van der Waals surface area (Å²) in [6.45, 7) is 0. The first kappa shape index (κ1) is 11.2. The quantitative estimate of drug-likeness (QED) is 0.588. The number of rotatable bonds is 0. The van der Waals surface area contributed by atoms with Gasteiger partial charge >= 0.3 is 0 Å². The second-order valence-corrected chi connectivity index (χ2v) is 5.94. The molecule has 0 saturated heterocycles. The highest BCUT2D eigenvalue weighted by molar-refractivity contribution is 9.10. The molecule has 84 valence electrons. The minimum Gasteiger partial charge on any atom is -0.289 e. The summed E-state index contributed by atoms with van der Waals surface area (Å²) in [5.41, 5.74) is 3.83. The predicted octanol–water partition coefficient (Wildman–Crippen LogP) is 4.35. The highest BCUT2D eigenvalue weighted by atomic mass is 79.9. The second-order valence-electron chi connectivity index (χ2n) is 4.11. The third kappa shape index (κ3) is 1.87. The summed E-state index contributed by atoms with van der Waals surface area (Å²) in [5, 5.41) is 0. The van der Waals surface area contributed by atoms with Crippen LogP contribution in [-0.2, 0) is 6.42 Å². The summed E-state index contributed by atoms with van der Waals surface area (Å²) < 4.78 is 1.89. The Morgan fingerprint density at radius 1 is 0.824 bits per heavy atom. The van der Waals surface area contributed by atoms with E-state index in [1.54, 1.807) is 0 Å². The van der Waals surface area contributed by atoms with E-state index in [-0.39, 0.29) is 5.78 Å². The Hall–Kier alpha value is -0.930. The molecule has 0 heterocycles. The fourth-order valence-corrected chi connectivity index (χ4v) is 2.90. The minimum absolute atomic E-state index is 0.115. The number of carbonyl (C=O) groups excluding carboxylic acids is 1. The molecule has 0 unspecified atom stereocenters. The summed E-state index contributed by atoms with van der Waals surface area (Å²) >= 11 is 6.82. The van der Waals surface area contributed by atoms with E-state index in [0.717, 1.165) is 37.6 Å². The van der Waals surface area contributed by atoms with Gasteiger partial charge in [0.1, 0.15) is 0 Å². The second kappa shape index (κ2) is 4.07. The fraction of sp³-hybridized carbons (Fsp3) is 0.0714. The number of carbonyl (C=O) groups is 1. The van der Waals surface area contributed by atoms with Crippen molar-refractivity contribution in [2.45, 2.75) is 6.42 Å². The SMILES string of the molecule is O=C1c2cc(Br)ccc2Cc2ccc(Br)cc21. The summed E-state index contributed by atoms with van der Waals surface area (Å²) in [7, 11) is 0. The molecule has 0 bridgehead atoms. The largest absolute Gasteiger partial charge is 0.289 e. The van der Waals surface area contributed by atoms with Gasteiger partial charge in [0.2, 0.25) is 0 Å². The van der Waals surface area contributed by atoms with Gasteiger partial charge in [0.05, 0.1) is 0 Å². The lowest BCUT2D eigenvalue weighted by Gasteiger charge is -2.18. The Bertz CT molecular complexity index is 579. The molecule has 17 heavy (non-hydrogen) atoms. The van der Waals surface area contributed by atoms with E-state index >= 15 is 0 Å². The van der Waals surface area contributed by atoms with E-state index in [1.807, 2.05) is 36.4 Å². The van der Waals surface area contributed by atoms with Crippen LogP contribution < -0.4 is 0 Å². The summed E-state index contributed by atoms with van der Waals surface area (Å²) in [5.74, 6) is 0.115. The number of hydrogen-bond acceptors (Lipinski definition) is 1. The number of benzene rings is 2. The summed E-state index contributed by atoms with van der Waals surface area (Å²) in [4.78, 5) is 12.4. The monoisotopic (exact) mass is 350 g/mol. The Balaban J connectivity index is 2.21. The Labute approximate surface area is 116 Å². The van der Waals surface area contributed by atoms with Crippen LogP contribution in [0, 0.1) is 0 Å².